The number of carbonyl (C=O) groups excluding carboxylic acids is 1. The van der Waals surface area contributed by atoms with E-state index in [1.165, 1.54) is 6.08 Å². The number of methoxy groups -OCH3 is 1. The molecule has 0 N–H and O–H groups in total. The fraction of sp³-hybridized carbons (Fsp3) is 0.526. The summed E-state index contributed by atoms with van der Waals surface area (Å²) in [6.45, 7) is 10.2. The molecule has 0 aliphatic carbocycles. The maximum atomic E-state index is 11.2. The SMILES string of the molecule is C=CC(=O)OC(C)CCCc1ccc(OCC)c(OCC)c1OC. The van der Waals surface area contributed by atoms with Crippen LogP contribution < -0.4 is 14.2 Å². The Morgan fingerprint density at radius 2 is 1.92 bits per heavy atom. The summed E-state index contributed by atoms with van der Waals surface area (Å²) in [6, 6.07) is 3.90. The molecule has 0 amide bonds. The Morgan fingerprint density at radius 1 is 1.21 bits per heavy atom. The second-order valence-corrected chi connectivity index (χ2v) is 5.30. The van der Waals surface area contributed by atoms with E-state index < -0.39 is 0 Å². The minimum atomic E-state index is -0.389. The Balaban J connectivity index is 2.78. The van der Waals surface area contributed by atoms with Crippen LogP contribution in [-0.2, 0) is 16.0 Å². The molecule has 0 aliphatic heterocycles. The highest BCUT2D eigenvalue weighted by Gasteiger charge is 2.17. The lowest BCUT2D eigenvalue weighted by Crippen LogP contribution is -2.13. The third kappa shape index (κ3) is 5.80. The third-order valence-electron chi connectivity index (χ3n) is 3.49. The number of hydrogen-bond acceptors (Lipinski definition) is 5. The molecule has 0 aliphatic rings. The standard InChI is InChI=1S/C19H28O5/c1-6-17(20)24-14(4)10-9-11-15-12-13-16(22-7-2)19(23-8-3)18(15)21-5/h6,12-14H,1,7-11H2,2-5H3. The first-order chi connectivity index (χ1) is 11.6. The second kappa shape index (κ2) is 10.6. The number of hydrogen-bond donors (Lipinski definition) is 0. The van der Waals surface area contributed by atoms with Gasteiger partial charge >= 0.3 is 5.97 Å². The number of ether oxygens (including phenoxy) is 4. The predicted molar refractivity (Wildman–Crippen MR) is 94.0 cm³/mol. The van der Waals surface area contributed by atoms with E-state index in [1.807, 2.05) is 32.9 Å². The van der Waals surface area contributed by atoms with E-state index >= 15 is 0 Å². The first-order valence-electron chi connectivity index (χ1n) is 8.35. The Kier molecular flexibility index (Phi) is 8.76. The lowest BCUT2D eigenvalue weighted by molar-refractivity contribution is -0.142. The first kappa shape index (κ1) is 19.9. The van der Waals surface area contributed by atoms with Gasteiger partial charge in [-0.2, -0.15) is 0 Å². The van der Waals surface area contributed by atoms with E-state index in [4.69, 9.17) is 18.9 Å². The second-order valence-electron chi connectivity index (χ2n) is 5.30. The van der Waals surface area contributed by atoms with Gasteiger partial charge in [-0.05, 0) is 51.7 Å². The Labute approximate surface area is 144 Å². The molecule has 0 spiro atoms. The minimum Gasteiger partial charge on any atom is -0.492 e. The number of carbonyl (C=O) groups is 1. The minimum absolute atomic E-state index is 0.143. The molecular formula is C19H28O5. The van der Waals surface area contributed by atoms with Crippen molar-refractivity contribution in [2.75, 3.05) is 20.3 Å². The molecule has 0 heterocycles. The molecule has 0 aromatic heterocycles. The van der Waals surface area contributed by atoms with Crippen LogP contribution in [0.5, 0.6) is 17.2 Å². The average Bonchev–Trinajstić information content (AvgIpc) is 2.57. The molecular weight excluding hydrogens is 308 g/mol. The molecule has 1 rings (SSSR count). The molecule has 0 radical (unpaired) electrons. The monoisotopic (exact) mass is 336 g/mol. The van der Waals surface area contributed by atoms with Crippen molar-refractivity contribution in [3.05, 3.63) is 30.4 Å². The van der Waals surface area contributed by atoms with E-state index in [0.29, 0.717) is 30.5 Å². The van der Waals surface area contributed by atoms with Crippen LogP contribution in [0.3, 0.4) is 0 Å². The number of esters is 1. The number of benzene rings is 1. The highest BCUT2D eigenvalue weighted by atomic mass is 16.5. The van der Waals surface area contributed by atoms with Gasteiger partial charge in [-0.25, -0.2) is 4.79 Å². The summed E-state index contributed by atoms with van der Waals surface area (Å²) in [7, 11) is 1.63. The van der Waals surface area contributed by atoms with Crippen molar-refractivity contribution in [3.8, 4) is 17.2 Å². The molecule has 1 aromatic carbocycles. The van der Waals surface area contributed by atoms with Gasteiger partial charge in [0.05, 0.1) is 26.4 Å². The highest BCUT2D eigenvalue weighted by molar-refractivity contribution is 5.81. The fourth-order valence-corrected chi connectivity index (χ4v) is 2.44. The van der Waals surface area contributed by atoms with Crippen molar-refractivity contribution in [2.45, 2.75) is 46.1 Å². The summed E-state index contributed by atoms with van der Waals surface area (Å²) < 4.78 is 22.1. The maximum Gasteiger partial charge on any atom is 0.330 e. The van der Waals surface area contributed by atoms with Crippen LogP contribution in [0.1, 0.15) is 39.2 Å². The summed E-state index contributed by atoms with van der Waals surface area (Å²) >= 11 is 0. The van der Waals surface area contributed by atoms with Crippen LogP contribution in [0.25, 0.3) is 0 Å². The van der Waals surface area contributed by atoms with Crippen LogP contribution in [0, 0.1) is 0 Å². The average molecular weight is 336 g/mol. The van der Waals surface area contributed by atoms with Crippen LogP contribution in [0.2, 0.25) is 0 Å². The van der Waals surface area contributed by atoms with E-state index in [2.05, 4.69) is 6.58 Å². The van der Waals surface area contributed by atoms with Gasteiger partial charge in [0, 0.05) is 6.08 Å². The summed E-state index contributed by atoms with van der Waals surface area (Å²) in [5.41, 5.74) is 1.05. The topological polar surface area (TPSA) is 54.0 Å². The maximum absolute atomic E-state index is 11.2. The zero-order chi connectivity index (χ0) is 17.9. The van der Waals surface area contributed by atoms with Crippen molar-refractivity contribution in [2.24, 2.45) is 0 Å². The third-order valence-corrected chi connectivity index (χ3v) is 3.49. The van der Waals surface area contributed by atoms with Crippen LogP contribution >= 0.6 is 0 Å². The van der Waals surface area contributed by atoms with Gasteiger partial charge in [0.15, 0.2) is 11.5 Å². The normalized spacial score (nSPS) is 11.5. The first-order valence-corrected chi connectivity index (χ1v) is 8.35. The Hall–Kier alpha value is -2.17. The van der Waals surface area contributed by atoms with Gasteiger partial charge < -0.3 is 18.9 Å². The van der Waals surface area contributed by atoms with Gasteiger partial charge in [0.2, 0.25) is 5.75 Å². The highest BCUT2D eigenvalue weighted by Crippen LogP contribution is 2.40. The van der Waals surface area contributed by atoms with Crippen molar-refractivity contribution in [3.63, 3.8) is 0 Å². The van der Waals surface area contributed by atoms with Crippen molar-refractivity contribution >= 4 is 5.97 Å². The molecule has 0 saturated heterocycles. The Bertz CT molecular complexity index is 539. The smallest absolute Gasteiger partial charge is 0.330 e. The quantitative estimate of drug-likeness (QED) is 0.453. The van der Waals surface area contributed by atoms with Crippen molar-refractivity contribution in [1.29, 1.82) is 0 Å². The lowest BCUT2D eigenvalue weighted by Gasteiger charge is -2.18. The van der Waals surface area contributed by atoms with Gasteiger partial charge in [-0.1, -0.05) is 12.6 Å². The van der Waals surface area contributed by atoms with E-state index in [-0.39, 0.29) is 12.1 Å². The summed E-state index contributed by atoms with van der Waals surface area (Å²) in [5.74, 6) is 1.65. The van der Waals surface area contributed by atoms with Gasteiger partial charge in [0.1, 0.15) is 0 Å². The van der Waals surface area contributed by atoms with E-state index in [1.54, 1.807) is 7.11 Å². The van der Waals surface area contributed by atoms with Gasteiger partial charge in [-0.15, -0.1) is 0 Å². The van der Waals surface area contributed by atoms with E-state index in [9.17, 15) is 4.79 Å². The summed E-state index contributed by atoms with van der Waals surface area (Å²) in [6.07, 6.45) is 3.46. The molecule has 0 saturated carbocycles. The number of rotatable bonds is 11. The zero-order valence-electron chi connectivity index (χ0n) is 15.1. The molecule has 1 atom stereocenters. The summed E-state index contributed by atoms with van der Waals surface area (Å²) in [5, 5.41) is 0. The lowest BCUT2D eigenvalue weighted by atomic mass is 10.0. The predicted octanol–water partition coefficient (Wildman–Crippen LogP) is 3.93. The Morgan fingerprint density at radius 3 is 2.50 bits per heavy atom. The van der Waals surface area contributed by atoms with Gasteiger partial charge in [-0.3, -0.25) is 0 Å². The number of aryl methyl sites for hydroxylation is 1. The molecule has 0 fully saturated rings. The largest absolute Gasteiger partial charge is 0.492 e. The van der Waals surface area contributed by atoms with Crippen LogP contribution in [0.15, 0.2) is 24.8 Å². The molecule has 0 bridgehead atoms. The molecule has 1 aromatic rings. The molecule has 5 heteroatoms. The zero-order valence-corrected chi connectivity index (χ0v) is 15.1. The molecule has 134 valence electrons. The molecule has 24 heavy (non-hydrogen) atoms. The van der Waals surface area contributed by atoms with Crippen molar-refractivity contribution < 1.29 is 23.7 Å². The molecule has 1 unspecified atom stereocenters. The van der Waals surface area contributed by atoms with Crippen molar-refractivity contribution in [1.82, 2.24) is 0 Å². The molecule has 5 nitrogen and oxygen atoms in total. The fourth-order valence-electron chi connectivity index (χ4n) is 2.44. The van der Waals surface area contributed by atoms with Crippen LogP contribution in [0.4, 0.5) is 0 Å². The summed E-state index contributed by atoms with van der Waals surface area (Å²) in [4.78, 5) is 11.2. The van der Waals surface area contributed by atoms with Crippen LogP contribution in [-0.4, -0.2) is 32.4 Å². The van der Waals surface area contributed by atoms with E-state index in [0.717, 1.165) is 24.8 Å². The van der Waals surface area contributed by atoms with Gasteiger partial charge in [0.25, 0.3) is 0 Å².